The molecule has 0 saturated heterocycles. The van der Waals surface area contributed by atoms with Crippen LogP contribution in [0.4, 0.5) is 0 Å². The SMILES string of the molecule is CC(=O)CCn1ccc(=O)c(OCc2ccccc2)c1C. The summed E-state index contributed by atoms with van der Waals surface area (Å²) >= 11 is 0. The Morgan fingerprint density at radius 1 is 1.19 bits per heavy atom. The van der Waals surface area contributed by atoms with E-state index in [2.05, 4.69) is 0 Å². The topological polar surface area (TPSA) is 48.3 Å². The number of benzene rings is 1. The number of nitrogens with zero attached hydrogens (tertiary/aromatic N) is 1. The van der Waals surface area contributed by atoms with Gasteiger partial charge in [0, 0.05) is 25.2 Å². The van der Waals surface area contributed by atoms with Gasteiger partial charge in [0.05, 0.1) is 5.69 Å². The van der Waals surface area contributed by atoms with Gasteiger partial charge in [-0.25, -0.2) is 0 Å². The van der Waals surface area contributed by atoms with Crippen molar-refractivity contribution in [3.05, 3.63) is 64.1 Å². The molecule has 1 aromatic carbocycles. The second-order valence-electron chi connectivity index (χ2n) is 5.01. The normalized spacial score (nSPS) is 10.4. The number of pyridine rings is 1. The van der Waals surface area contributed by atoms with E-state index in [1.165, 1.54) is 6.07 Å². The van der Waals surface area contributed by atoms with Crippen molar-refractivity contribution in [2.75, 3.05) is 0 Å². The van der Waals surface area contributed by atoms with E-state index >= 15 is 0 Å². The van der Waals surface area contributed by atoms with Gasteiger partial charge in [0.15, 0.2) is 5.75 Å². The smallest absolute Gasteiger partial charge is 0.223 e. The molecule has 0 fully saturated rings. The monoisotopic (exact) mass is 285 g/mol. The molecule has 1 aromatic heterocycles. The van der Waals surface area contributed by atoms with Crippen LogP contribution in [-0.2, 0) is 17.9 Å². The Morgan fingerprint density at radius 3 is 2.57 bits per heavy atom. The highest BCUT2D eigenvalue weighted by Gasteiger charge is 2.09. The highest BCUT2D eigenvalue weighted by molar-refractivity contribution is 5.75. The lowest BCUT2D eigenvalue weighted by molar-refractivity contribution is -0.117. The first-order chi connectivity index (χ1) is 10.1. The standard InChI is InChI=1S/C17H19NO3/c1-13(19)8-10-18-11-9-16(20)17(14(18)2)21-12-15-6-4-3-5-7-15/h3-7,9,11H,8,10,12H2,1-2H3. The van der Waals surface area contributed by atoms with Crippen molar-refractivity contribution in [2.24, 2.45) is 0 Å². The molecule has 0 bridgehead atoms. The predicted octanol–water partition coefficient (Wildman–Crippen LogP) is 2.71. The maximum absolute atomic E-state index is 11.9. The zero-order valence-electron chi connectivity index (χ0n) is 12.3. The van der Waals surface area contributed by atoms with E-state index in [4.69, 9.17) is 4.74 Å². The predicted molar refractivity (Wildman–Crippen MR) is 81.5 cm³/mol. The summed E-state index contributed by atoms with van der Waals surface area (Å²) in [6.07, 6.45) is 2.15. The van der Waals surface area contributed by atoms with Crippen LogP contribution in [0.25, 0.3) is 0 Å². The molecule has 0 atom stereocenters. The number of ether oxygens (including phenoxy) is 1. The van der Waals surface area contributed by atoms with E-state index in [0.717, 1.165) is 11.3 Å². The molecule has 0 spiro atoms. The minimum Gasteiger partial charge on any atom is -0.483 e. The second-order valence-corrected chi connectivity index (χ2v) is 5.01. The number of aryl methyl sites for hydroxylation is 1. The fourth-order valence-electron chi connectivity index (χ4n) is 2.08. The van der Waals surface area contributed by atoms with Gasteiger partial charge in [-0.15, -0.1) is 0 Å². The van der Waals surface area contributed by atoms with Crippen molar-refractivity contribution in [3.63, 3.8) is 0 Å². The summed E-state index contributed by atoms with van der Waals surface area (Å²) in [6.45, 7) is 4.31. The van der Waals surface area contributed by atoms with Gasteiger partial charge in [0.1, 0.15) is 12.4 Å². The van der Waals surface area contributed by atoms with Crippen LogP contribution in [0.3, 0.4) is 0 Å². The van der Waals surface area contributed by atoms with Gasteiger partial charge in [-0.3, -0.25) is 9.59 Å². The number of carbonyl (C=O) groups excluding carboxylic acids is 1. The van der Waals surface area contributed by atoms with Gasteiger partial charge in [0.25, 0.3) is 0 Å². The van der Waals surface area contributed by atoms with E-state index in [1.54, 1.807) is 13.1 Å². The zero-order valence-corrected chi connectivity index (χ0v) is 12.3. The molecule has 0 radical (unpaired) electrons. The third kappa shape index (κ3) is 4.05. The maximum atomic E-state index is 11.9. The number of aromatic nitrogens is 1. The second kappa shape index (κ2) is 6.88. The summed E-state index contributed by atoms with van der Waals surface area (Å²) in [5.74, 6) is 0.477. The van der Waals surface area contributed by atoms with Crippen molar-refractivity contribution in [1.82, 2.24) is 4.57 Å². The van der Waals surface area contributed by atoms with E-state index < -0.39 is 0 Å². The first kappa shape index (κ1) is 15.0. The van der Waals surface area contributed by atoms with Crippen LogP contribution in [0.1, 0.15) is 24.6 Å². The van der Waals surface area contributed by atoms with E-state index in [9.17, 15) is 9.59 Å². The molecule has 1 heterocycles. The quantitative estimate of drug-likeness (QED) is 0.820. The highest BCUT2D eigenvalue weighted by atomic mass is 16.5. The largest absolute Gasteiger partial charge is 0.483 e. The third-order valence-corrected chi connectivity index (χ3v) is 3.32. The Bertz CT molecular complexity index is 674. The minimum absolute atomic E-state index is 0.125. The minimum atomic E-state index is -0.137. The molecule has 0 aliphatic heterocycles. The summed E-state index contributed by atoms with van der Waals surface area (Å²) in [4.78, 5) is 23.0. The average Bonchev–Trinajstić information content (AvgIpc) is 2.47. The van der Waals surface area contributed by atoms with Gasteiger partial charge in [-0.2, -0.15) is 0 Å². The van der Waals surface area contributed by atoms with Crippen molar-refractivity contribution in [2.45, 2.75) is 33.4 Å². The van der Waals surface area contributed by atoms with Gasteiger partial charge in [-0.05, 0) is 19.4 Å². The maximum Gasteiger partial charge on any atom is 0.223 e. The Labute approximate surface area is 124 Å². The molecule has 4 nitrogen and oxygen atoms in total. The number of rotatable bonds is 6. The van der Waals surface area contributed by atoms with Gasteiger partial charge >= 0.3 is 0 Å². The molecule has 0 aliphatic rings. The van der Waals surface area contributed by atoms with Gasteiger partial charge in [-0.1, -0.05) is 30.3 Å². The molecule has 2 rings (SSSR count). The van der Waals surface area contributed by atoms with Crippen LogP contribution in [0.5, 0.6) is 5.75 Å². The average molecular weight is 285 g/mol. The molecule has 2 aromatic rings. The molecule has 0 N–H and O–H groups in total. The lowest BCUT2D eigenvalue weighted by atomic mass is 10.2. The summed E-state index contributed by atoms with van der Waals surface area (Å²) in [5, 5.41) is 0. The van der Waals surface area contributed by atoms with E-state index in [0.29, 0.717) is 25.3 Å². The Balaban J connectivity index is 2.16. The molecule has 0 saturated carbocycles. The third-order valence-electron chi connectivity index (χ3n) is 3.32. The summed E-state index contributed by atoms with van der Waals surface area (Å²) < 4.78 is 7.56. The Morgan fingerprint density at radius 2 is 1.90 bits per heavy atom. The molecule has 110 valence electrons. The fraction of sp³-hybridized carbons (Fsp3) is 0.294. The highest BCUT2D eigenvalue weighted by Crippen LogP contribution is 2.14. The zero-order chi connectivity index (χ0) is 15.2. The molecular formula is C17H19NO3. The van der Waals surface area contributed by atoms with E-state index in [-0.39, 0.29) is 11.2 Å². The van der Waals surface area contributed by atoms with Gasteiger partial charge in [0.2, 0.25) is 5.43 Å². The number of hydrogen-bond acceptors (Lipinski definition) is 3. The van der Waals surface area contributed by atoms with Crippen molar-refractivity contribution in [3.8, 4) is 5.75 Å². The fourth-order valence-corrected chi connectivity index (χ4v) is 2.08. The van der Waals surface area contributed by atoms with Crippen LogP contribution in [0.15, 0.2) is 47.4 Å². The first-order valence-corrected chi connectivity index (χ1v) is 6.94. The molecular weight excluding hydrogens is 266 g/mol. The Hall–Kier alpha value is -2.36. The number of hydrogen-bond donors (Lipinski definition) is 0. The van der Waals surface area contributed by atoms with Crippen molar-refractivity contribution < 1.29 is 9.53 Å². The summed E-state index contributed by atoms with van der Waals surface area (Å²) in [5.41, 5.74) is 1.62. The molecule has 0 unspecified atom stereocenters. The van der Waals surface area contributed by atoms with Crippen LogP contribution in [0, 0.1) is 6.92 Å². The van der Waals surface area contributed by atoms with Crippen molar-refractivity contribution in [1.29, 1.82) is 0 Å². The van der Waals surface area contributed by atoms with Crippen LogP contribution < -0.4 is 10.2 Å². The summed E-state index contributed by atoms with van der Waals surface area (Å²) in [6, 6.07) is 11.2. The van der Waals surface area contributed by atoms with Crippen LogP contribution in [0.2, 0.25) is 0 Å². The summed E-state index contributed by atoms with van der Waals surface area (Å²) in [7, 11) is 0. The van der Waals surface area contributed by atoms with Gasteiger partial charge < -0.3 is 9.30 Å². The lowest BCUT2D eigenvalue weighted by Gasteiger charge is -2.14. The van der Waals surface area contributed by atoms with Crippen LogP contribution >= 0.6 is 0 Å². The number of Topliss-reactive ketones (excluding diaryl/α,β-unsaturated/α-hetero) is 1. The number of ketones is 1. The lowest BCUT2D eigenvalue weighted by Crippen LogP contribution is -2.15. The van der Waals surface area contributed by atoms with Crippen molar-refractivity contribution >= 4 is 5.78 Å². The molecule has 0 aliphatic carbocycles. The van der Waals surface area contributed by atoms with E-state index in [1.807, 2.05) is 41.8 Å². The first-order valence-electron chi connectivity index (χ1n) is 6.94. The molecule has 21 heavy (non-hydrogen) atoms. The van der Waals surface area contributed by atoms with Crippen LogP contribution in [-0.4, -0.2) is 10.4 Å². The molecule has 4 heteroatoms. The number of carbonyl (C=O) groups is 1. The molecule has 0 amide bonds. The Kier molecular flexibility index (Phi) is 4.93.